The minimum atomic E-state index is -0.544. The van der Waals surface area contributed by atoms with Gasteiger partial charge in [-0.05, 0) is 18.2 Å². The summed E-state index contributed by atoms with van der Waals surface area (Å²) in [6, 6.07) is 6.74. The van der Waals surface area contributed by atoms with E-state index in [0.29, 0.717) is 42.6 Å². The van der Waals surface area contributed by atoms with Gasteiger partial charge in [-0.2, -0.15) is 5.26 Å². The van der Waals surface area contributed by atoms with Gasteiger partial charge in [0, 0.05) is 44.3 Å². The van der Waals surface area contributed by atoms with Crippen LogP contribution in [0.1, 0.15) is 6.92 Å². The lowest BCUT2D eigenvalue weighted by Gasteiger charge is -2.33. The summed E-state index contributed by atoms with van der Waals surface area (Å²) in [5.74, 6) is -0.0721. The molecule has 1 fully saturated rings. The summed E-state index contributed by atoms with van der Waals surface area (Å²) in [7, 11) is 1.48. The number of carbonyl (C=O) groups is 2. The van der Waals surface area contributed by atoms with Crippen LogP contribution in [0.5, 0.6) is 5.75 Å². The van der Waals surface area contributed by atoms with Crippen molar-refractivity contribution in [3.05, 3.63) is 35.0 Å². The van der Waals surface area contributed by atoms with Crippen LogP contribution in [0.2, 0.25) is 5.02 Å². The highest BCUT2D eigenvalue weighted by molar-refractivity contribution is 6.31. The van der Waals surface area contributed by atoms with E-state index in [2.05, 4.69) is 5.32 Å². The molecule has 0 aromatic heterocycles. The van der Waals surface area contributed by atoms with Crippen molar-refractivity contribution in [2.75, 3.05) is 38.6 Å². The Labute approximate surface area is 151 Å². The molecule has 1 aromatic rings. The number of nitriles is 1. The number of rotatable bonds is 4. The first-order chi connectivity index (χ1) is 11.9. The monoisotopic (exact) mass is 362 g/mol. The van der Waals surface area contributed by atoms with E-state index in [1.807, 2.05) is 11.0 Å². The van der Waals surface area contributed by atoms with E-state index < -0.39 is 5.91 Å². The summed E-state index contributed by atoms with van der Waals surface area (Å²) in [5, 5.41) is 12.4. The van der Waals surface area contributed by atoms with Gasteiger partial charge in [0.25, 0.3) is 5.91 Å². The normalized spacial score (nSPS) is 14.7. The number of carbonyl (C=O) groups excluding carboxylic acids is 2. The first-order valence-corrected chi connectivity index (χ1v) is 8.08. The number of hydrogen-bond acceptors (Lipinski definition) is 5. The van der Waals surface area contributed by atoms with Gasteiger partial charge in [0.2, 0.25) is 5.91 Å². The third kappa shape index (κ3) is 4.88. The maximum absolute atomic E-state index is 12.4. The van der Waals surface area contributed by atoms with Gasteiger partial charge in [-0.15, -0.1) is 0 Å². The van der Waals surface area contributed by atoms with Crippen molar-refractivity contribution < 1.29 is 14.3 Å². The van der Waals surface area contributed by atoms with Gasteiger partial charge in [0.05, 0.1) is 12.8 Å². The second-order valence-corrected chi connectivity index (χ2v) is 5.93. The molecule has 0 aliphatic carbocycles. The fourth-order valence-corrected chi connectivity index (χ4v) is 2.63. The van der Waals surface area contributed by atoms with Gasteiger partial charge in [0.15, 0.2) is 0 Å². The van der Waals surface area contributed by atoms with E-state index in [4.69, 9.17) is 16.3 Å². The molecule has 25 heavy (non-hydrogen) atoms. The number of piperazine rings is 1. The predicted octanol–water partition coefficient (Wildman–Crippen LogP) is 1.86. The fraction of sp³-hybridized carbons (Fsp3) is 0.353. The number of methoxy groups -OCH3 is 1. The quantitative estimate of drug-likeness (QED) is 0.652. The number of benzene rings is 1. The van der Waals surface area contributed by atoms with E-state index >= 15 is 0 Å². The zero-order valence-corrected chi connectivity index (χ0v) is 14.8. The average Bonchev–Trinajstić information content (AvgIpc) is 2.60. The summed E-state index contributed by atoms with van der Waals surface area (Å²) >= 11 is 5.94. The van der Waals surface area contributed by atoms with Gasteiger partial charge in [-0.3, -0.25) is 9.59 Å². The number of halogens is 1. The van der Waals surface area contributed by atoms with Gasteiger partial charge in [-0.25, -0.2) is 0 Å². The highest BCUT2D eigenvalue weighted by atomic mass is 35.5. The number of ether oxygens (including phenoxy) is 1. The second-order valence-electron chi connectivity index (χ2n) is 5.50. The van der Waals surface area contributed by atoms with Crippen LogP contribution in [-0.2, 0) is 9.59 Å². The Morgan fingerprint density at radius 3 is 2.56 bits per heavy atom. The van der Waals surface area contributed by atoms with Gasteiger partial charge < -0.3 is 19.9 Å². The molecule has 8 heteroatoms. The van der Waals surface area contributed by atoms with Crippen LogP contribution >= 0.6 is 11.6 Å². The Balaban J connectivity index is 2.08. The van der Waals surface area contributed by atoms with E-state index in [-0.39, 0.29) is 11.5 Å². The zero-order valence-electron chi connectivity index (χ0n) is 14.1. The van der Waals surface area contributed by atoms with Crippen LogP contribution < -0.4 is 10.1 Å². The molecule has 0 atom stereocenters. The SMILES string of the molecule is COc1ccc(Cl)cc1NC(=O)/C(C#N)=C\N1CCN(C(C)=O)CC1. The minimum absolute atomic E-state index is 0.0231. The van der Waals surface area contributed by atoms with E-state index in [1.165, 1.54) is 20.2 Å². The summed E-state index contributed by atoms with van der Waals surface area (Å²) in [6.45, 7) is 3.79. The topological polar surface area (TPSA) is 85.7 Å². The lowest BCUT2D eigenvalue weighted by molar-refractivity contribution is -0.130. The van der Waals surface area contributed by atoms with E-state index in [0.717, 1.165) is 0 Å². The van der Waals surface area contributed by atoms with Crippen molar-refractivity contribution in [3.8, 4) is 11.8 Å². The van der Waals surface area contributed by atoms with Crippen LogP contribution in [0.3, 0.4) is 0 Å². The molecule has 0 bridgehead atoms. The van der Waals surface area contributed by atoms with Crippen molar-refractivity contribution in [1.82, 2.24) is 9.80 Å². The third-order valence-electron chi connectivity index (χ3n) is 3.85. The molecule has 1 aliphatic heterocycles. The smallest absolute Gasteiger partial charge is 0.267 e. The number of nitrogens with zero attached hydrogens (tertiary/aromatic N) is 3. The molecule has 1 aromatic carbocycles. The number of amides is 2. The van der Waals surface area contributed by atoms with Crippen molar-refractivity contribution in [1.29, 1.82) is 5.26 Å². The molecule has 7 nitrogen and oxygen atoms in total. The second kappa shape index (κ2) is 8.40. The van der Waals surface area contributed by atoms with Crippen LogP contribution in [0, 0.1) is 11.3 Å². The standard InChI is InChI=1S/C17H19ClN4O3/c1-12(23)22-7-5-21(6-8-22)11-13(10-19)17(24)20-15-9-14(18)3-4-16(15)25-2/h3-4,9,11H,5-8H2,1-2H3,(H,20,24)/b13-11-. The fourth-order valence-electron chi connectivity index (χ4n) is 2.45. The molecular formula is C17H19ClN4O3. The Hall–Kier alpha value is -2.72. The summed E-state index contributed by atoms with van der Waals surface area (Å²) < 4.78 is 5.18. The molecule has 0 unspecified atom stereocenters. The Morgan fingerprint density at radius 1 is 1.32 bits per heavy atom. The molecule has 132 valence electrons. The largest absolute Gasteiger partial charge is 0.495 e. The van der Waals surface area contributed by atoms with Crippen LogP contribution in [0.4, 0.5) is 5.69 Å². The van der Waals surface area contributed by atoms with Gasteiger partial charge >= 0.3 is 0 Å². The van der Waals surface area contributed by atoms with Crippen molar-refractivity contribution >= 4 is 29.1 Å². The molecule has 0 saturated carbocycles. The minimum Gasteiger partial charge on any atom is -0.495 e. The summed E-state index contributed by atoms with van der Waals surface area (Å²) in [5.41, 5.74) is 0.362. The number of anilines is 1. The van der Waals surface area contributed by atoms with Crippen LogP contribution in [0.15, 0.2) is 30.0 Å². The first kappa shape index (κ1) is 18.6. The lowest BCUT2D eigenvalue weighted by atomic mass is 10.2. The zero-order chi connectivity index (χ0) is 18.4. The Bertz CT molecular complexity index is 734. The summed E-state index contributed by atoms with van der Waals surface area (Å²) in [6.07, 6.45) is 1.52. The molecule has 2 amide bonds. The first-order valence-electron chi connectivity index (χ1n) is 7.71. The molecule has 0 radical (unpaired) electrons. The number of nitrogens with one attached hydrogen (secondary N) is 1. The lowest BCUT2D eigenvalue weighted by Crippen LogP contribution is -2.46. The van der Waals surface area contributed by atoms with Crippen LogP contribution in [0.25, 0.3) is 0 Å². The van der Waals surface area contributed by atoms with Crippen LogP contribution in [-0.4, -0.2) is 54.9 Å². The van der Waals surface area contributed by atoms with E-state index in [9.17, 15) is 14.9 Å². The molecule has 1 heterocycles. The highest BCUT2D eigenvalue weighted by Gasteiger charge is 2.19. The Morgan fingerprint density at radius 2 is 2.00 bits per heavy atom. The predicted molar refractivity (Wildman–Crippen MR) is 94.2 cm³/mol. The molecule has 2 rings (SSSR count). The molecule has 1 N–H and O–H groups in total. The maximum atomic E-state index is 12.4. The molecule has 1 aliphatic rings. The Kier molecular flexibility index (Phi) is 6.25. The molecule has 0 spiro atoms. The highest BCUT2D eigenvalue weighted by Crippen LogP contribution is 2.28. The van der Waals surface area contributed by atoms with Crippen molar-refractivity contribution in [2.24, 2.45) is 0 Å². The molecule has 1 saturated heterocycles. The number of hydrogen-bond donors (Lipinski definition) is 1. The van der Waals surface area contributed by atoms with Crippen molar-refractivity contribution in [2.45, 2.75) is 6.92 Å². The van der Waals surface area contributed by atoms with E-state index in [1.54, 1.807) is 23.1 Å². The van der Waals surface area contributed by atoms with Crippen molar-refractivity contribution in [3.63, 3.8) is 0 Å². The maximum Gasteiger partial charge on any atom is 0.267 e. The van der Waals surface area contributed by atoms with Gasteiger partial charge in [-0.1, -0.05) is 11.6 Å². The molecular weight excluding hydrogens is 344 g/mol. The summed E-state index contributed by atoms with van der Waals surface area (Å²) in [4.78, 5) is 27.3. The van der Waals surface area contributed by atoms with Gasteiger partial charge in [0.1, 0.15) is 17.4 Å². The third-order valence-corrected chi connectivity index (χ3v) is 4.08. The average molecular weight is 363 g/mol.